The highest BCUT2D eigenvalue weighted by Crippen LogP contribution is 2.26. The smallest absolute Gasteiger partial charge is 0.233 e. The van der Waals surface area contributed by atoms with Crippen molar-refractivity contribution in [1.29, 1.82) is 0 Å². The number of hydrogen-bond acceptors (Lipinski definition) is 3. The maximum atomic E-state index is 5.65. The predicted molar refractivity (Wildman–Crippen MR) is 49.9 cm³/mol. The van der Waals surface area contributed by atoms with Gasteiger partial charge in [-0.2, -0.15) is 4.98 Å². The highest BCUT2D eigenvalue weighted by atomic mass is 35.5. The van der Waals surface area contributed by atoms with Gasteiger partial charge in [0.25, 0.3) is 0 Å². The summed E-state index contributed by atoms with van der Waals surface area (Å²) in [7, 11) is 0. The Kier molecular flexibility index (Phi) is 2.64. The van der Waals surface area contributed by atoms with Crippen LogP contribution in [0.3, 0.4) is 0 Å². The third-order valence-corrected chi connectivity index (χ3v) is 2.46. The van der Waals surface area contributed by atoms with Gasteiger partial charge in [0.2, 0.25) is 5.88 Å². The second-order valence-corrected chi connectivity index (χ2v) is 3.68. The lowest BCUT2D eigenvalue weighted by molar-refractivity contribution is 0.175. The van der Waals surface area contributed by atoms with Crippen LogP contribution in [0.4, 0.5) is 0 Å². The molecule has 70 valence electrons. The maximum Gasteiger partial charge on any atom is 0.233 e. The molecule has 13 heavy (non-hydrogen) atoms. The van der Waals surface area contributed by atoms with Crippen LogP contribution in [0.15, 0.2) is 12.4 Å². The molecule has 1 aromatic rings. The van der Waals surface area contributed by atoms with Crippen LogP contribution in [-0.4, -0.2) is 16.6 Å². The van der Waals surface area contributed by atoms with E-state index in [1.807, 2.05) is 0 Å². The SMILES string of the molecule is Clc1cncc(OCC2CCC2)n1. The van der Waals surface area contributed by atoms with E-state index in [1.165, 1.54) is 25.5 Å². The summed E-state index contributed by atoms with van der Waals surface area (Å²) in [6.45, 7) is 0.745. The van der Waals surface area contributed by atoms with Crippen LogP contribution in [0.1, 0.15) is 19.3 Å². The van der Waals surface area contributed by atoms with E-state index < -0.39 is 0 Å². The molecule has 1 saturated carbocycles. The lowest BCUT2D eigenvalue weighted by Crippen LogP contribution is -2.19. The molecule has 0 atom stereocenters. The van der Waals surface area contributed by atoms with Crippen LogP contribution in [0.25, 0.3) is 0 Å². The van der Waals surface area contributed by atoms with Gasteiger partial charge in [0.15, 0.2) is 5.15 Å². The second kappa shape index (κ2) is 3.92. The average molecular weight is 199 g/mol. The van der Waals surface area contributed by atoms with Crippen molar-refractivity contribution in [2.24, 2.45) is 5.92 Å². The van der Waals surface area contributed by atoms with Gasteiger partial charge in [-0.3, -0.25) is 4.98 Å². The van der Waals surface area contributed by atoms with Crippen molar-refractivity contribution in [3.05, 3.63) is 17.5 Å². The Morgan fingerprint density at radius 2 is 2.31 bits per heavy atom. The fourth-order valence-electron chi connectivity index (χ4n) is 1.26. The normalized spacial score (nSPS) is 16.7. The predicted octanol–water partition coefficient (Wildman–Crippen LogP) is 2.31. The molecule has 1 heterocycles. The molecule has 0 bridgehead atoms. The molecule has 4 heteroatoms. The zero-order chi connectivity index (χ0) is 9.10. The Labute approximate surface area is 82.1 Å². The highest BCUT2D eigenvalue weighted by Gasteiger charge is 2.18. The van der Waals surface area contributed by atoms with Gasteiger partial charge in [-0.15, -0.1) is 0 Å². The Hall–Kier alpha value is -0.830. The van der Waals surface area contributed by atoms with Gasteiger partial charge < -0.3 is 4.74 Å². The number of hydrogen-bond donors (Lipinski definition) is 0. The summed E-state index contributed by atoms with van der Waals surface area (Å²) >= 11 is 5.65. The van der Waals surface area contributed by atoms with E-state index in [0.29, 0.717) is 17.0 Å². The molecule has 3 nitrogen and oxygen atoms in total. The molecule has 0 aliphatic heterocycles. The molecule has 0 spiro atoms. The first kappa shape index (κ1) is 8.75. The van der Waals surface area contributed by atoms with E-state index in [2.05, 4.69) is 9.97 Å². The van der Waals surface area contributed by atoms with Crippen LogP contribution < -0.4 is 4.74 Å². The molecule has 2 rings (SSSR count). The molecule has 1 fully saturated rings. The zero-order valence-electron chi connectivity index (χ0n) is 7.24. The third kappa shape index (κ3) is 2.31. The Morgan fingerprint density at radius 3 is 2.92 bits per heavy atom. The van der Waals surface area contributed by atoms with Crippen molar-refractivity contribution < 1.29 is 4.74 Å². The first-order valence-electron chi connectivity index (χ1n) is 4.45. The first-order valence-corrected chi connectivity index (χ1v) is 4.83. The number of rotatable bonds is 3. The molecule has 0 aromatic carbocycles. The van der Waals surface area contributed by atoms with Gasteiger partial charge in [-0.25, -0.2) is 0 Å². The molecule has 0 unspecified atom stereocenters. The minimum absolute atomic E-state index is 0.381. The van der Waals surface area contributed by atoms with Crippen molar-refractivity contribution in [2.45, 2.75) is 19.3 Å². The Bertz CT molecular complexity index is 289. The van der Waals surface area contributed by atoms with Gasteiger partial charge in [0.1, 0.15) is 0 Å². The summed E-state index contributed by atoms with van der Waals surface area (Å²) < 4.78 is 5.43. The summed E-state index contributed by atoms with van der Waals surface area (Å²) in [5, 5.41) is 0.381. The van der Waals surface area contributed by atoms with Crippen molar-refractivity contribution in [1.82, 2.24) is 9.97 Å². The molecule has 1 aliphatic carbocycles. The van der Waals surface area contributed by atoms with E-state index in [1.54, 1.807) is 6.20 Å². The maximum absolute atomic E-state index is 5.65. The Balaban J connectivity index is 1.86. The van der Waals surface area contributed by atoms with Crippen molar-refractivity contribution in [2.75, 3.05) is 6.61 Å². The number of aromatic nitrogens is 2. The second-order valence-electron chi connectivity index (χ2n) is 3.29. The summed E-state index contributed by atoms with van der Waals surface area (Å²) in [6, 6.07) is 0. The van der Waals surface area contributed by atoms with Crippen molar-refractivity contribution in [3.63, 3.8) is 0 Å². The van der Waals surface area contributed by atoms with E-state index >= 15 is 0 Å². The largest absolute Gasteiger partial charge is 0.476 e. The van der Waals surface area contributed by atoms with Gasteiger partial charge in [-0.1, -0.05) is 18.0 Å². The highest BCUT2D eigenvalue weighted by molar-refractivity contribution is 6.29. The van der Waals surface area contributed by atoms with Crippen LogP contribution in [0, 0.1) is 5.92 Å². The van der Waals surface area contributed by atoms with E-state index in [-0.39, 0.29) is 0 Å². The fourth-order valence-corrected chi connectivity index (χ4v) is 1.40. The minimum Gasteiger partial charge on any atom is -0.476 e. The summed E-state index contributed by atoms with van der Waals surface area (Å²) in [4.78, 5) is 7.87. The molecular formula is C9H11ClN2O. The average Bonchev–Trinajstić information content (AvgIpc) is 2.01. The standard InChI is InChI=1S/C9H11ClN2O/c10-8-4-11-5-9(12-8)13-6-7-2-1-3-7/h4-5,7H,1-3,6H2. The Morgan fingerprint density at radius 1 is 1.46 bits per heavy atom. The quantitative estimate of drug-likeness (QED) is 0.748. The molecule has 0 N–H and O–H groups in total. The van der Waals surface area contributed by atoms with E-state index in [0.717, 1.165) is 6.61 Å². The van der Waals surface area contributed by atoms with Crippen LogP contribution in [0.2, 0.25) is 5.15 Å². The van der Waals surface area contributed by atoms with Crippen molar-refractivity contribution in [3.8, 4) is 5.88 Å². The number of nitrogens with zero attached hydrogens (tertiary/aromatic N) is 2. The van der Waals surface area contributed by atoms with E-state index in [4.69, 9.17) is 16.3 Å². The molecule has 0 amide bonds. The molecular weight excluding hydrogens is 188 g/mol. The van der Waals surface area contributed by atoms with Crippen molar-refractivity contribution >= 4 is 11.6 Å². The van der Waals surface area contributed by atoms with Gasteiger partial charge in [0.05, 0.1) is 19.0 Å². The minimum atomic E-state index is 0.381. The van der Waals surface area contributed by atoms with Gasteiger partial charge in [0, 0.05) is 0 Å². The van der Waals surface area contributed by atoms with Crippen LogP contribution in [0.5, 0.6) is 5.88 Å². The lowest BCUT2D eigenvalue weighted by Gasteiger charge is -2.24. The molecule has 0 saturated heterocycles. The summed E-state index contributed by atoms with van der Waals surface area (Å²) in [5.41, 5.74) is 0. The molecule has 1 aliphatic rings. The number of ether oxygens (including phenoxy) is 1. The summed E-state index contributed by atoms with van der Waals surface area (Å²) in [5.74, 6) is 1.24. The monoisotopic (exact) mass is 198 g/mol. The summed E-state index contributed by atoms with van der Waals surface area (Å²) in [6.07, 6.45) is 6.96. The topological polar surface area (TPSA) is 35.0 Å². The van der Waals surface area contributed by atoms with Gasteiger partial charge >= 0.3 is 0 Å². The molecule has 1 aromatic heterocycles. The molecule has 0 radical (unpaired) electrons. The van der Waals surface area contributed by atoms with Gasteiger partial charge in [-0.05, 0) is 18.8 Å². The fraction of sp³-hybridized carbons (Fsp3) is 0.556. The van der Waals surface area contributed by atoms with Crippen LogP contribution >= 0.6 is 11.6 Å². The van der Waals surface area contributed by atoms with Crippen LogP contribution in [-0.2, 0) is 0 Å². The zero-order valence-corrected chi connectivity index (χ0v) is 8.00. The third-order valence-electron chi connectivity index (χ3n) is 2.27. The first-order chi connectivity index (χ1) is 6.34. The lowest BCUT2D eigenvalue weighted by atomic mass is 9.86. The van der Waals surface area contributed by atoms with E-state index in [9.17, 15) is 0 Å². The number of halogens is 1.